The predicted molar refractivity (Wildman–Crippen MR) is 127 cm³/mol. The average molecular weight is 500 g/mol. The Morgan fingerprint density at radius 2 is 2.00 bits per heavy atom. The highest BCUT2D eigenvalue weighted by molar-refractivity contribution is 9.10. The van der Waals surface area contributed by atoms with E-state index in [4.69, 9.17) is 20.8 Å². The lowest BCUT2D eigenvalue weighted by Crippen LogP contribution is -2.14. The highest BCUT2D eigenvalue weighted by atomic mass is 79.9. The zero-order valence-corrected chi connectivity index (χ0v) is 19.6. The Balaban J connectivity index is 1.68. The summed E-state index contributed by atoms with van der Waals surface area (Å²) in [4.78, 5) is 17.5. The molecule has 7 heteroatoms. The first-order valence-corrected chi connectivity index (χ1v) is 10.9. The summed E-state index contributed by atoms with van der Waals surface area (Å²) >= 11 is 9.86. The Labute approximate surface area is 193 Å². The number of nitrogens with one attached hydrogen (secondary N) is 1. The van der Waals surface area contributed by atoms with E-state index in [0.29, 0.717) is 39.1 Å². The number of nitrogens with zero attached hydrogens (tertiary/aromatic N) is 1. The molecule has 0 saturated carbocycles. The van der Waals surface area contributed by atoms with E-state index in [1.807, 2.05) is 31.2 Å². The maximum atomic E-state index is 13.0. The summed E-state index contributed by atoms with van der Waals surface area (Å²) in [5.74, 6) is 0.639. The summed E-state index contributed by atoms with van der Waals surface area (Å²) < 4.78 is 12.1. The van der Waals surface area contributed by atoms with Crippen LogP contribution in [-0.2, 0) is 6.42 Å². The van der Waals surface area contributed by atoms with Crippen molar-refractivity contribution < 1.29 is 13.9 Å². The van der Waals surface area contributed by atoms with Crippen molar-refractivity contribution in [1.29, 1.82) is 0 Å². The van der Waals surface area contributed by atoms with Crippen molar-refractivity contribution in [2.24, 2.45) is 0 Å². The average Bonchev–Trinajstić information content (AvgIpc) is 3.17. The standard InChI is InChI=1S/C24H20BrClN2O3/c1-4-14-5-8-21-20(10-14)28-24(31-21)17-12-16(6-7-19(17)26)27-23(29)18-11-15(25)9-13(2)22(18)30-3/h5-12H,4H2,1-3H3,(H,27,29). The molecule has 3 aromatic carbocycles. The van der Waals surface area contributed by atoms with Crippen molar-refractivity contribution in [3.05, 3.63) is 74.7 Å². The van der Waals surface area contributed by atoms with Gasteiger partial charge < -0.3 is 14.5 Å². The van der Waals surface area contributed by atoms with Crippen LogP contribution in [0.1, 0.15) is 28.4 Å². The summed E-state index contributed by atoms with van der Waals surface area (Å²) in [7, 11) is 1.55. The molecule has 0 bridgehead atoms. The molecule has 4 rings (SSSR count). The number of aromatic nitrogens is 1. The van der Waals surface area contributed by atoms with Gasteiger partial charge in [-0.2, -0.15) is 0 Å². The van der Waals surface area contributed by atoms with Crippen molar-refractivity contribution in [2.75, 3.05) is 12.4 Å². The number of carbonyl (C=O) groups excluding carboxylic acids is 1. The number of carbonyl (C=O) groups is 1. The van der Waals surface area contributed by atoms with Crippen LogP contribution >= 0.6 is 27.5 Å². The third-order valence-corrected chi connectivity index (χ3v) is 5.79. The molecule has 4 aromatic rings. The molecule has 0 aliphatic rings. The molecule has 0 unspecified atom stereocenters. The number of halogens is 2. The molecule has 0 aliphatic carbocycles. The summed E-state index contributed by atoms with van der Waals surface area (Å²) in [6, 6.07) is 14.8. The molecule has 0 aliphatic heterocycles. The number of oxazole rings is 1. The fraction of sp³-hybridized carbons (Fsp3) is 0.167. The van der Waals surface area contributed by atoms with Crippen LogP contribution in [0.2, 0.25) is 5.02 Å². The monoisotopic (exact) mass is 498 g/mol. The molecule has 0 atom stereocenters. The lowest BCUT2D eigenvalue weighted by Gasteiger charge is -2.13. The Hall–Kier alpha value is -2.83. The van der Waals surface area contributed by atoms with Gasteiger partial charge in [-0.1, -0.05) is 40.5 Å². The minimum atomic E-state index is -0.292. The van der Waals surface area contributed by atoms with Crippen LogP contribution in [0.3, 0.4) is 0 Å². The first-order chi connectivity index (χ1) is 14.9. The number of fused-ring (bicyclic) bond motifs is 1. The van der Waals surface area contributed by atoms with E-state index >= 15 is 0 Å². The molecule has 0 saturated heterocycles. The van der Waals surface area contributed by atoms with Gasteiger partial charge in [0, 0.05) is 10.2 Å². The van der Waals surface area contributed by atoms with Crippen LogP contribution in [0, 0.1) is 6.92 Å². The number of ether oxygens (including phenoxy) is 1. The van der Waals surface area contributed by atoms with Gasteiger partial charge in [0.05, 0.1) is 23.3 Å². The van der Waals surface area contributed by atoms with E-state index < -0.39 is 0 Å². The number of hydrogen-bond acceptors (Lipinski definition) is 4. The van der Waals surface area contributed by atoms with Gasteiger partial charge in [0.15, 0.2) is 5.58 Å². The number of rotatable bonds is 5. The van der Waals surface area contributed by atoms with Gasteiger partial charge in [-0.25, -0.2) is 4.98 Å². The van der Waals surface area contributed by atoms with Crippen LogP contribution in [0.25, 0.3) is 22.6 Å². The molecular formula is C24H20BrClN2O3. The topological polar surface area (TPSA) is 64.4 Å². The van der Waals surface area contributed by atoms with Gasteiger partial charge >= 0.3 is 0 Å². The molecule has 1 amide bonds. The highest BCUT2D eigenvalue weighted by Crippen LogP contribution is 2.33. The number of aryl methyl sites for hydroxylation is 2. The molecule has 0 fully saturated rings. The van der Waals surface area contributed by atoms with Gasteiger partial charge in [-0.15, -0.1) is 0 Å². The van der Waals surface area contributed by atoms with Crippen molar-refractivity contribution in [1.82, 2.24) is 4.98 Å². The Morgan fingerprint density at radius 1 is 1.19 bits per heavy atom. The number of amides is 1. The van der Waals surface area contributed by atoms with E-state index in [9.17, 15) is 4.79 Å². The van der Waals surface area contributed by atoms with E-state index in [1.54, 1.807) is 31.4 Å². The smallest absolute Gasteiger partial charge is 0.259 e. The SMILES string of the molecule is CCc1ccc2oc(-c3cc(NC(=O)c4cc(Br)cc(C)c4OC)ccc3Cl)nc2c1. The minimum Gasteiger partial charge on any atom is -0.496 e. The first kappa shape index (κ1) is 21.4. The second-order valence-electron chi connectivity index (χ2n) is 7.13. The van der Waals surface area contributed by atoms with Crippen molar-refractivity contribution in [3.8, 4) is 17.2 Å². The fourth-order valence-corrected chi connectivity index (χ4v) is 4.21. The molecule has 1 heterocycles. The summed E-state index contributed by atoms with van der Waals surface area (Å²) in [5.41, 5.74) is 5.10. The molecule has 158 valence electrons. The van der Waals surface area contributed by atoms with Gasteiger partial charge in [-0.3, -0.25) is 4.79 Å². The fourth-order valence-electron chi connectivity index (χ4n) is 3.44. The normalized spacial score (nSPS) is 11.0. The molecule has 1 aromatic heterocycles. The minimum absolute atomic E-state index is 0.292. The third kappa shape index (κ3) is 4.31. The number of anilines is 1. The predicted octanol–water partition coefficient (Wildman–Crippen LogP) is 7.04. The van der Waals surface area contributed by atoms with E-state index in [-0.39, 0.29) is 5.91 Å². The number of hydrogen-bond donors (Lipinski definition) is 1. The van der Waals surface area contributed by atoms with Crippen molar-refractivity contribution in [2.45, 2.75) is 20.3 Å². The second-order valence-corrected chi connectivity index (χ2v) is 8.45. The largest absolute Gasteiger partial charge is 0.496 e. The van der Waals surface area contributed by atoms with Crippen LogP contribution in [0.5, 0.6) is 5.75 Å². The van der Waals surface area contributed by atoms with Crippen molar-refractivity contribution in [3.63, 3.8) is 0 Å². The van der Waals surface area contributed by atoms with E-state index in [2.05, 4.69) is 33.2 Å². The van der Waals surface area contributed by atoms with Gasteiger partial charge in [0.1, 0.15) is 11.3 Å². The third-order valence-electron chi connectivity index (χ3n) is 5.00. The Morgan fingerprint density at radius 3 is 2.74 bits per heavy atom. The summed E-state index contributed by atoms with van der Waals surface area (Å²) in [5, 5.41) is 3.39. The molecule has 5 nitrogen and oxygen atoms in total. The number of benzene rings is 3. The summed E-state index contributed by atoms with van der Waals surface area (Å²) in [6.45, 7) is 3.98. The zero-order chi connectivity index (χ0) is 22.1. The Bertz CT molecular complexity index is 1300. The molecule has 1 N–H and O–H groups in total. The molecule has 0 radical (unpaired) electrons. The van der Waals surface area contributed by atoms with Crippen LogP contribution in [-0.4, -0.2) is 18.0 Å². The quantitative estimate of drug-likeness (QED) is 0.320. The maximum absolute atomic E-state index is 13.0. The molecular weight excluding hydrogens is 480 g/mol. The Kier molecular flexibility index (Phi) is 6.03. The van der Waals surface area contributed by atoms with Crippen LogP contribution in [0.15, 0.2) is 57.4 Å². The van der Waals surface area contributed by atoms with E-state index in [0.717, 1.165) is 22.0 Å². The van der Waals surface area contributed by atoms with Crippen molar-refractivity contribution >= 4 is 50.2 Å². The van der Waals surface area contributed by atoms with Crippen LogP contribution < -0.4 is 10.1 Å². The second kappa shape index (κ2) is 8.73. The lowest BCUT2D eigenvalue weighted by molar-refractivity contribution is 0.102. The maximum Gasteiger partial charge on any atom is 0.259 e. The highest BCUT2D eigenvalue weighted by Gasteiger charge is 2.18. The van der Waals surface area contributed by atoms with E-state index in [1.165, 1.54) is 5.56 Å². The summed E-state index contributed by atoms with van der Waals surface area (Å²) in [6.07, 6.45) is 0.916. The van der Waals surface area contributed by atoms with Gasteiger partial charge in [0.2, 0.25) is 5.89 Å². The van der Waals surface area contributed by atoms with Gasteiger partial charge in [-0.05, 0) is 66.9 Å². The molecule has 31 heavy (non-hydrogen) atoms. The van der Waals surface area contributed by atoms with Crippen LogP contribution in [0.4, 0.5) is 5.69 Å². The lowest BCUT2D eigenvalue weighted by atomic mass is 10.1. The first-order valence-electron chi connectivity index (χ1n) is 9.74. The number of methoxy groups -OCH3 is 1. The zero-order valence-electron chi connectivity index (χ0n) is 17.3. The molecule has 0 spiro atoms. The van der Waals surface area contributed by atoms with Gasteiger partial charge in [0.25, 0.3) is 5.91 Å².